The van der Waals surface area contributed by atoms with Gasteiger partial charge in [0.15, 0.2) is 0 Å². The lowest BCUT2D eigenvalue weighted by molar-refractivity contribution is 0.450. The first-order chi connectivity index (χ1) is 7.19. The SMILES string of the molecule is CCC(CC#N)NC(C)c1scnc1C. The average molecular weight is 223 g/mol. The van der Waals surface area contributed by atoms with Crippen LogP contribution in [0.15, 0.2) is 5.51 Å². The van der Waals surface area contributed by atoms with Crippen LogP contribution in [0.3, 0.4) is 0 Å². The van der Waals surface area contributed by atoms with Crippen molar-refractivity contribution in [3.63, 3.8) is 0 Å². The number of thiazole rings is 1. The minimum Gasteiger partial charge on any atom is -0.306 e. The van der Waals surface area contributed by atoms with Crippen LogP contribution in [0.2, 0.25) is 0 Å². The first kappa shape index (κ1) is 12.2. The Morgan fingerprint density at radius 2 is 2.40 bits per heavy atom. The predicted molar refractivity (Wildman–Crippen MR) is 62.7 cm³/mol. The Morgan fingerprint density at radius 1 is 1.67 bits per heavy atom. The number of hydrogen-bond acceptors (Lipinski definition) is 4. The van der Waals surface area contributed by atoms with Crippen LogP contribution in [0.4, 0.5) is 0 Å². The fourth-order valence-electron chi connectivity index (χ4n) is 1.59. The Kier molecular flexibility index (Phi) is 4.73. The first-order valence-corrected chi connectivity index (χ1v) is 6.10. The van der Waals surface area contributed by atoms with E-state index in [1.807, 2.05) is 12.4 Å². The molecular weight excluding hydrogens is 206 g/mol. The number of nitriles is 1. The summed E-state index contributed by atoms with van der Waals surface area (Å²) in [6, 6.07) is 2.78. The van der Waals surface area contributed by atoms with Crippen molar-refractivity contribution in [1.29, 1.82) is 5.26 Å². The van der Waals surface area contributed by atoms with E-state index in [-0.39, 0.29) is 12.1 Å². The van der Waals surface area contributed by atoms with Gasteiger partial charge in [-0.3, -0.25) is 0 Å². The van der Waals surface area contributed by atoms with E-state index in [9.17, 15) is 0 Å². The molecule has 4 heteroatoms. The highest BCUT2D eigenvalue weighted by Crippen LogP contribution is 2.22. The molecule has 1 heterocycles. The van der Waals surface area contributed by atoms with Gasteiger partial charge < -0.3 is 5.32 Å². The van der Waals surface area contributed by atoms with Crippen molar-refractivity contribution >= 4 is 11.3 Å². The molecular formula is C11H17N3S. The number of aromatic nitrogens is 1. The molecule has 1 aromatic rings. The van der Waals surface area contributed by atoms with Crippen molar-refractivity contribution in [2.75, 3.05) is 0 Å². The molecule has 0 aromatic carbocycles. The third kappa shape index (κ3) is 3.29. The molecule has 15 heavy (non-hydrogen) atoms. The van der Waals surface area contributed by atoms with Crippen LogP contribution in [0.1, 0.15) is 43.3 Å². The zero-order valence-electron chi connectivity index (χ0n) is 9.45. The quantitative estimate of drug-likeness (QED) is 0.835. The normalized spacial score (nSPS) is 14.5. The fourth-order valence-corrected chi connectivity index (χ4v) is 2.41. The van der Waals surface area contributed by atoms with Crippen molar-refractivity contribution in [3.05, 3.63) is 16.1 Å². The maximum atomic E-state index is 8.67. The maximum Gasteiger partial charge on any atom is 0.0798 e. The van der Waals surface area contributed by atoms with Gasteiger partial charge in [-0.05, 0) is 20.3 Å². The van der Waals surface area contributed by atoms with E-state index in [1.165, 1.54) is 4.88 Å². The summed E-state index contributed by atoms with van der Waals surface area (Å²) in [6.45, 7) is 6.25. The molecule has 82 valence electrons. The summed E-state index contributed by atoms with van der Waals surface area (Å²) >= 11 is 1.67. The molecule has 0 saturated heterocycles. The van der Waals surface area contributed by atoms with Gasteiger partial charge in [0.2, 0.25) is 0 Å². The summed E-state index contributed by atoms with van der Waals surface area (Å²) in [6.07, 6.45) is 1.55. The Labute approximate surface area is 95.2 Å². The summed E-state index contributed by atoms with van der Waals surface area (Å²) in [5.41, 5.74) is 2.96. The van der Waals surface area contributed by atoms with Crippen LogP contribution in [-0.4, -0.2) is 11.0 Å². The topological polar surface area (TPSA) is 48.7 Å². The summed E-state index contributed by atoms with van der Waals surface area (Å²) < 4.78 is 0. The van der Waals surface area contributed by atoms with Gasteiger partial charge in [0.1, 0.15) is 0 Å². The van der Waals surface area contributed by atoms with Crippen LogP contribution >= 0.6 is 11.3 Å². The second kappa shape index (κ2) is 5.84. The molecule has 0 amide bonds. The van der Waals surface area contributed by atoms with Crippen molar-refractivity contribution in [2.24, 2.45) is 0 Å². The smallest absolute Gasteiger partial charge is 0.0798 e. The third-order valence-electron chi connectivity index (χ3n) is 2.49. The molecule has 1 rings (SSSR count). The van der Waals surface area contributed by atoms with Crippen LogP contribution in [0.25, 0.3) is 0 Å². The Balaban J connectivity index is 2.59. The van der Waals surface area contributed by atoms with E-state index >= 15 is 0 Å². The Hall–Kier alpha value is -0.920. The van der Waals surface area contributed by atoms with E-state index in [2.05, 4.69) is 30.2 Å². The molecule has 0 fully saturated rings. The summed E-state index contributed by atoms with van der Waals surface area (Å²) in [5, 5.41) is 12.1. The number of rotatable bonds is 5. The van der Waals surface area contributed by atoms with E-state index < -0.39 is 0 Å². The molecule has 1 aromatic heterocycles. The van der Waals surface area contributed by atoms with Crippen LogP contribution in [0.5, 0.6) is 0 Å². The minimum atomic E-state index is 0.284. The monoisotopic (exact) mass is 223 g/mol. The molecule has 0 aliphatic rings. The highest BCUT2D eigenvalue weighted by atomic mass is 32.1. The van der Waals surface area contributed by atoms with Gasteiger partial charge in [0.25, 0.3) is 0 Å². The minimum absolute atomic E-state index is 0.284. The van der Waals surface area contributed by atoms with Gasteiger partial charge in [-0.15, -0.1) is 11.3 Å². The zero-order valence-corrected chi connectivity index (χ0v) is 10.3. The van der Waals surface area contributed by atoms with Crippen molar-refractivity contribution in [2.45, 2.75) is 45.7 Å². The van der Waals surface area contributed by atoms with E-state index in [4.69, 9.17) is 5.26 Å². The molecule has 0 aliphatic heterocycles. The highest BCUT2D eigenvalue weighted by molar-refractivity contribution is 7.09. The van der Waals surface area contributed by atoms with E-state index in [0.29, 0.717) is 6.42 Å². The molecule has 2 unspecified atom stereocenters. The molecule has 3 nitrogen and oxygen atoms in total. The molecule has 0 spiro atoms. The Bertz CT molecular complexity index is 340. The van der Waals surface area contributed by atoms with Crippen LogP contribution in [-0.2, 0) is 0 Å². The number of nitrogens with zero attached hydrogens (tertiary/aromatic N) is 2. The average Bonchev–Trinajstić information content (AvgIpc) is 2.63. The lowest BCUT2D eigenvalue weighted by Crippen LogP contribution is -2.30. The first-order valence-electron chi connectivity index (χ1n) is 5.22. The van der Waals surface area contributed by atoms with Gasteiger partial charge >= 0.3 is 0 Å². The number of hydrogen-bond donors (Lipinski definition) is 1. The second-order valence-electron chi connectivity index (χ2n) is 3.66. The number of nitrogens with one attached hydrogen (secondary N) is 1. The zero-order chi connectivity index (χ0) is 11.3. The van der Waals surface area contributed by atoms with Crippen molar-refractivity contribution in [3.8, 4) is 6.07 Å². The van der Waals surface area contributed by atoms with Gasteiger partial charge in [0, 0.05) is 17.0 Å². The van der Waals surface area contributed by atoms with Gasteiger partial charge in [0.05, 0.1) is 23.7 Å². The lowest BCUT2D eigenvalue weighted by atomic mass is 10.1. The van der Waals surface area contributed by atoms with Crippen LogP contribution in [0, 0.1) is 18.3 Å². The predicted octanol–water partition coefficient (Wildman–Crippen LogP) is 2.79. The van der Waals surface area contributed by atoms with Crippen LogP contribution < -0.4 is 5.32 Å². The molecule has 1 N–H and O–H groups in total. The van der Waals surface area contributed by atoms with Gasteiger partial charge in [-0.1, -0.05) is 6.92 Å². The summed E-state index contributed by atoms with van der Waals surface area (Å²) in [7, 11) is 0. The van der Waals surface area contributed by atoms with Crippen molar-refractivity contribution in [1.82, 2.24) is 10.3 Å². The van der Waals surface area contributed by atoms with E-state index in [0.717, 1.165) is 12.1 Å². The van der Waals surface area contributed by atoms with Gasteiger partial charge in [-0.2, -0.15) is 5.26 Å². The summed E-state index contributed by atoms with van der Waals surface area (Å²) in [4.78, 5) is 5.50. The molecule has 0 saturated carbocycles. The lowest BCUT2D eigenvalue weighted by Gasteiger charge is -2.19. The molecule has 2 atom stereocenters. The second-order valence-corrected chi connectivity index (χ2v) is 4.54. The largest absolute Gasteiger partial charge is 0.306 e. The fraction of sp³-hybridized carbons (Fsp3) is 0.636. The highest BCUT2D eigenvalue weighted by Gasteiger charge is 2.14. The van der Waals surface area contributed by atoms with Gasteiger partial charge in [-0.25, -0.2) is 4.98 Å². The molecule has 0 bridgehead atoms. The van der Waals surface area contributed by atoms with E-state index in [1.54, 1.807) is 11.3 Å². The van der Waals surface area contributed by atoms with Crippen molar-refractivity contribution < 1.29 is 0 Å². The third-order valence-corrected chi connectivity index (χ3v) is 3.61. The standard InChI is InChI=1S/C11H17N3S/c1-4-10(5-6-12)14-9(3)11-8(2)13-7-15-11/h7,9-10,14H,4-5H2,1-3H3. The molecule has 0 radical (unpaired) electrons. The summed E-state index contributed by atoms with van der Waals surface area (Å²) in [5.74, 6) is 0. The molecule has 0 aliphatic carbocycles. The maximum absolute atomic E-state index is 8.67. The Morgan fingerprint density at radius 3 is 2.87 bits per heavy atom. The number of aryl methyl sites for hydroxylation is 1.